The first-order valence-corrected chi connectivity index (χ1v) is 7.16. The molecule has 4 nitrogen and oxygen atoms in total. The van der Waals surface area contributed by atoms with Crippen LogP contribution in [0.3, 0.4) is 0 Å². The highest BCUT2D eigenvalue weighted by Gasteiger charge is 2.02. The van der Waals surface area contributed by atoms with E-state index in [0.717, 1.165) is 22.0 Å². The van der Waals surface area contributed by atoms with E-state index in [0.29, 0.717) is 6.42 Å². The Morgan fingerprint density at radius 2 is 1.95 bits per heavy atom. The fourth-order valence-electron chi connectivity index (χ4n) is 2.31. The standard InChI is InChI=1S/C18H17N3O/c1-13-6-8-14(9-7-13)10-18(22)21-20-12-15-11-19-17-5-3-2-4-16(15)17/h2-9,11-12,19H,10H2,1H3,(H,21,22)/b20-12+. The van der Waals surface area contributed by atoms with Crippen LogP contribution in [0.15, 0.2) is 59.8 Å². The summed E-state index contributed by atoms with van der Waals surface area (Å²) in [4.78, 5) is 15.0. The molecule has 3 aromatic rings. The number of amides is 1. The van der Waals surface area contributed by atoms with E-state index in [2.05, 4.69) is 15.5 Å². The van der Waals surface area contributed by atoms with Gasteiger partial charge in [-0.3, -0.25) is 4.79 Å². The Hall–Kier alpha value is -2.88. The number of H-pyrrole nitrogens is 1. The van der Waals surface area contributed by atoms with Crippen molar-refractivity contribution >= 4 is 23.0 Å². The lowest BCUT2D eigenvalue weighted by Gasteiger charge is -2.01. The molecule has 0 unspecified atom stereocenters. The van der Waals surface area contributed by atoms with Gasteiger partial charge in [0, 0.05) is 22.7 Å². The Kier molecular flexibility index (Phi) is 4.01. The molecule has 22 heavy (non-hydrogen) atoms. The molecule has 0 saturated carbocycles. The van der Waals surface area contributed by atoms with Gasteiger partial charge < -0.3 is 4.98 Å². The molecule has 0 atom stereocenters. The first-order chi connectivity index (χ1) is 10.7. The molecule has 0 radical (unpaired) electrons. The molecule has 2 aromatic carbocycles. The lowest BCUT2D eigenvalue weighted by molar-refractivity contribution is -0.120. The SMILES string of the molecule is Cc1ccc(CC(=O)N/N=C/c2c[nH]c3ccccc23)cc1. The monoisotopic (exact) mass is 291 g/mol. The lowest BCUT2D eigenvalue weighted by atomic mass is 10.1. The van der Waals surface area contributed by atoms with Crippen molar-refractivity contribution in [2.75, 3.05) is 0 Å². The van der Waals surface area contributed by atoms with Gasteiger partial charge in [-0.1, -0.05) is 48.0 Å². The van der Waals surface area contributed by atoms with E-state index in [1.54, 1.807) is 6.21 Å². The van der Waals surface area contributed by atoms with Crippen LogP contribution in [0.25, 0.3) is 10.9 Å². The van der Waals surface area contributed by atoms with Gasteiger partial charge in [0.05, 0.1) is 12.6 Å². The molecule has 0 aliphatic rings. The van der Waals surface area contributed by atoms with Crippen LogP contribution in [-0.2, 0) is 11.2 Å². The van der Waals surface area contributed by atoms with Crippen molar-refractivity contribution in [3.05, 3.63) is 71.4 Å². The number of aryl methyl sites for hydroxylation is 1. The summed E-state index contributed by atoms with van der Waals surface area (Å²) < 4.78 is 0. The average Bonchev–Trinajstić information content (AvgIpc) is 2.93. The summed E-state index contributed by atoms with van der Waals surface area (Å²) in [6, 6.07) is 15.9. The van der Waals surface area contributed by atoms with Crippen LogP contribution in [0, 0.1) is 6.92 Å². The number of aromatic amines is 1. The third kappa shape index (κ3) is 3.23. The van der Waals surface area contributed by atoms with E-state index < -0.39 is 0 Å². The van der Waals surface area contributed by atoms with Crippen molar-refractivity contribution in [2.45, 2.75) is 13.3 Å². The van der Waals surface area contributed by atoms with Crippen molar-refractivity contribution in [3.8, 4) is 0 Å². The normalized spacial score (nSPS) is 11.1. The molecule has 110 valence electrons. The van der Waals surface area contributed by atoms with Gasteiger partial charge in [-0.05, 0) is 18.6 Å². The molecule has 0 saturated heterocycles. The van der Waals surface area contributed by atoms with Crippen LogP contribution in [0.5, 0.6) is 0 Å². The summed E-state index contributed by atoms with van der Waals surface area (Å²) in [6.07, 6.45) is 3.86. The molecular formula is C18H17N3O. The van der Waals surface area contributed by atoms with Crippen molar-refractivity contribution in [1.82, 2.24) is 10.4 Å². The van der Waals surface area contributed by atoms with Crippen LogP contribution in [0.2, 0.25) is 0 Å². The number of para-hydroxylation sites is 1. The summed E-state index contributed by atoms with van der Waals surface area (Å²) in [5, 5.41) is 5.12. The molecule has 0 fully saturated rings. The molecule has 4 heteroatoms. The second kappa shape index (κ2) is 6.26. The number of rotatable bonds is 4. The maximum Gasteiger partial charge on any atom is 0.244 e. The van der Waals surface area contributed by atoms with E-state index in [1.165, 1.54) is 5.56 Å². The first kappa shape index (κ1) is 14.1. The third-order valence-corrected chi connectivity index (χ3v) is 3.50. The highest BCUT2D eigenvalue weighted by Crippen LogP contribution is 2.15. The number of hydrogen-bond donors (Lipinski definition) is 2. The Labute approximate surface area is 128 Å². The number of hydrogen-bond acceptors (Lipinski definition) is 2. The highest BCUT2D eigenvalue weighted by atomic mass is 16.2. The molecule has 0 aliphatic carbocycles. The zero-order chi connectivity index (χ0) is 15.4. The number of nitrogens with zero attached hydrogens (tertiary/aromatic N) is 1. The number of fused-ring (bicyclic) bond motifs is 1. The summed E-state index contributed by atoms with van der Waals surface area (Å²) in [6.45, 7) is 2.02. The molecule has 1 aromatic heterocycles. The minimum Gasteiger partial charge on any atom is -0.361 e. The molecule has 1 heterocycles. The second-order valence-corrected chi connectivity index (χ2v) is 5.25. The van der Waals surface area contributed by atoms with Crippen molar-refractivity contribution in [3.63, 3.8) is 0 Å². The Balaban J connectivity index is 1.62. The van der Waals surface area contributed by atoms with Crippen LogP contribution in [0.1, 0.15) is 16.7 Å². The highest BCUT2D eigenvalue weighted by molar-refractivity contribution is 5.99. The van der Waals surface area contributed by atoms with Crippen molar-refractivity contribution in [1.29, 1.82) is 0 Å². The summed E-state index contributed by atoms with van der Waals surface area (Å²) in [7, 11) is 0. The average molecular weight is 291 g/mol. The smallest absolute Gasteiger partial charge is 0.244 e. The Bertz CT molecular complexity index is 816. The second-order valence-electron chi connectivity index (χ2n) is 5.25. The maximum absolute atomic E-state index is 11.9. The van der Waals surface area contributed by atoms with Gasteiger partial charge in [-0.2, -0.15) is 5.10 Å². The van der Waals surface area contributed by atoms with Crippen LogP contribution < -0.4 is 5.43 Å². The van der Waals surface area contributed by atoms with Gasteiger partial charge in [0.1, 0.15) is 0 Å². The number of aromatic nitrogens is 1. The molecular weight excluding hydrogens is 274 g/mol. The summed E-state index contributed by atoms with van der Waals surface area (Å²) >= 11 is 0. The molecule has 0 aliphatic heterocycles. The van der Waals surface area contributed by atoms with E-state index in [9.17, 15) is 4.79 Å². The maximum atomic E-state index is 11.9. The number of hydrazone groups is 1. The molecule has 3 rings (SSSR count). The molecule has 0 spiro atoms. The summed E-state index contributed by atoms with van der Waals surface area (Å²) in [5.41, 5.74) is 6.73. The van der Waals surface area contributed by atoms with E-state index in [1.807, 2.05) is 61.7 Å². The number of carbonyl (C=O) groups excluding carboxylic acids is 1. The fraction of sp³-hybridized carbons (Fsp3) is 0.111. The molecule has 1 amide bonds. The van der Waals surface area contributed by atoms with Gasteiger partial charge in [0.2, 0.25) is 5.91 Å². The van der Waals surface area contributed by atoms with Crippen LogP contribution in [-0.4, -0.2) is 17.1 Å². The minimum absolute atomic E-state index is 0.125. The lowest BCUT2D eigenvalue weighted by Crippen LogP contribution is -2.19. The van der Waals surface area contributed by atoms with E-state index >= 15 is 0 Å². The number of benzene rings is 2. The predicted octanol–water partition coefficient (Wildman–Crippen LogP) is 3.17. The van der Waals surface area contributed by atoms with Crippen molar-refractivity contribution in [2.24, 2.45) is 5.10 Å². The number of carbonyl (C=O) groups is 1. The van der Waals surface area contributed by atoms with Crippen molar-refractivity contribution < 1.29 is 4.79 Å². The van der Waals surface area contributed by atoms with Gasteiger partial charge in [-0.15, -0.1) is 0 Å². The fourth-order valence-corrected chi connectivity index (χ4v) is 2.31. The predicted molar refractivity (Wildman–Crippen MR) is 88.9 cm³/mol. The van der Waals surface area contributed by atoms with E-state index in [-0.39, 0.29) is 5.91 Å². The van der Waals surface area contributed by atoms with E-state index in [4.69, 9.17) is 0 Å². The van der Waals surface area contributed by atoms with Gasteiger partial charge in [0.15, 0.2) is 0 Å². The first-order valence-electron chi connectivity index (χ1n) is 7.16. The molecule has 2 N–H and O–H groups in total. The molecule has 0 bridgehead atoms. The minimum atomic E-state index is -0.125. The number of nitrogens with one attached hydrogen (secondary N) is 2. The Morgan fingerprint density at radius 3 is 2.77 bits per heavy atom. The zero-order valence-corrected chi connectivity index (χ0v) is 12.3. The quantitative estimate of drug-likeness (QED) is 0.563. The van der Waals surface area contributed by atoms with Crippen LogP contribution >= 0.6 is 0 Å². The van der Waals surface area contributed by atoms with Gasteiger partial charge in [-0.25, -0.2) is 5.43 Å². The van der Waals surface area contributed by atoms with Crippen LogP contribution in [0.4, 0.5) is 0 Å². The largest absolute Gasteiger partial charge is 0.361 e. The van der Waals surface area contributed by atoms with Gasteiger partial charge >= 0.3 is 0 Å². The topological polar surface area (TPSA) is 57.2 Å². The third-order valence-electron chi connectivity index (χ3n) is 3.50. The summed E-state index contributed by atoms with van der Waals surface area (Å²) in [5.74, 6) is -0.125. The Morgan fingerprint density at radius 1 is 1.18 bits per heavy atom. The van der Waals surface area contributed by atoms with Gasteiger partial charge in [0.25, 0.3) is 0 Å². The zero-order valence-electron chi connectivity index (χ0n) is 12.3.